The molecule has 0 bridgehead atoms. The van der Waals surface area contributed by atoms with Crippen LogP contribution in [0, 0.1) is 6.92 Å². The Morgan fingerprint density at radius 1 is 1.09 bits per heavy atom. The largest absolute Gasteiger partial charge is 0.264 e. The van der Waals surface area contributed by atoms with Gasteiger partial charge in [-0.05, 0) is 35.2 Å². The van der Waals surface area contributed by atoms with Crippen LogP contribution in [0.4, 0.5) is 0 Å². The Bertz CT molecular complexity index is 759. The average molecular weight is 293 g/mol. The summed E-state index contributed by atoms with van der Waals surface area (Å²) in [5, 5.41) is 12.8. The van der Waals surface area contributed by atoms with Crippen molar-refractivity contribution in [3.8, 4) is 11.4 Å². The Labute approximate surface area is 130 Å². The lowest BCUT2D eigenvalue weighted by Gasteiger charge is -2.08. The summed E-state index contributed by atoms with van der Waals surface area (Å²) < 4.78 is 0. The predicted octanol–water partition coefficient (Wildman–Crippen LogP) is 3.22. The smallest absolute Gasteiger partial charge is 0.206 e. The lowest BCUT2D eigenvalue weighted by atomic mass is 9.99. The van der Waals surface area contributed by atoms with Crippen molar-refractivity contribution < 1.29 is 0 Å². The molecule has 112 valence electrons. The van der Waals surface area contributed by atoms with E-state index in [1.54, 1.807) is 11.0 Å². The first-order chi connectivity index (χ1) is 10.6. The summed E-state index contributed by atoms with van der Waals surface area (Å²) >= 11 is 0. The van der Waals surface area contributed by atoms with Crippen LogP contribution in [0.5, 0.6) is 0 Å². The third-order valence-electron chi connectivity index (χ3n) is 3.62. The number of rotatable bonds is 4. The maximum Gasteiger partial charge on any atom is 0.206 e. The van der Waals surface area contributed by atoms with Crippen LogP contribution < -0.4 is 0 Å². The second-order valence-electron chi connectivity index (χ2n) is 5.75. The maximum atomic E-state index is 4.50. The molecule has 0 radical (unpaired) electrons. The molecule has 1 aromatic carbocycles. The fourth-order valence-electron chi connectivity index (χ4n) is 2.37. The van der Waals surface area contributed by atoms with Crippen LogP contribution in [-0.2, 0) is 6.54 Å². The molecule has 3 aromatic rings. The molecular formula is C17H19N5. The third kappa shape index (κ3) is 3.03. The molecule has 0 saturated heterocycles. The summed E-state index contributed by atoms with van der Waals surface area (Å²) in [6.07, 6.45) is 3.61. The summed E-state index contributed by atoms with van der Waals surface area (Å²) in [5.74, 6) is 1.02. The summed E-state index contributed by atoms with van der Waals surface area (Å²) in [6.45, 7) is 6.99. The number of aryl methyl sites for hydroxylation is 1. The standard InChI is InChI=1S/C17H19N5/c1-12(2)15-8-9-18-10-16(15)17-19-21-22(20-17)11-14-6-4-13(3)5-7-14/h4-10,12H,11H2,1-3H3. The highest BCUT2D eigenvalue weighted by Crippen LogP contribution is 2.25. The maximum absolute atomic E-state index is 4.50. The predicted molar refractivity (Wildman–Crippen MR) is 85.4 cm³/mol. The van der Waals surface area contributed by atoms with Gasteiger partial charge in [-0.15, -0.1) is 10.2 Å². The summed E-state index contributed by atoms with van der Waals surface area (Å²) in [5.41, 5.74) is 4.54. The van der Waals surface area contributed by atoms with Gasteiger partial charge in [0.2, 0.25) is 5.82 Å². The molecule has 2 aromatic heterocycles. The van der Waals surface area contributed by atoms with E-state index in [1.165, 1.54) is 11.1 Å². The molecule has 0 atom stereocenters. The minimum absolute atomic E-state index is 0.391. The number of tetrazole rings is 1. The topological polar surface area (TPSA) is 56.5 Å². The van der Waals surface area contributed by atoms with Crippen LogP contribution in [0.3, 0.4) is 0 Å². The minimum Gasteiger partial charge on any atom is -0.264 e. The van der Waals surface area contributed by atoms with Crippen molar-refractivity contribution in [3.63, 3.8) is 0 Å². The molecule has 2 heterocycles. The Morgan fingerprint density at radius 3 is 2.59 bits per heavy atom. The number of pyridine rings is 1. The summed E-state index contributed by atoms with van der Waals surface area (Å²) in [7, 11) is 0. The molecule has 0 unspecified atom stereocenters. The Balaban J connectivity index is 1.86. The number of hydrogen-bond donors (Lipinski definition) is 0. The van der Waals surface area contributed by atoms with Gasteiger partial charge in [0.1, 0.15) is 0 Å². The second-order valence-corrected chi connectivity index (χ2v) is 5.75. The van der Waals surface area contributed by atoms with Gasteiger partial charge in [-0.2, -0.15) is 4.80 Å². The zero-order valence-corrected chi connectivity index (χ0v) is 13.1. The molecule has 0 aliphatic carbocycles. The molecule has 5 nitrogen and oxygen atoms in total. The van der Waals surface area contributed by atoms with Crippen molar-refractivity contribution in [3.05, 3.63) is 59.4 Å². The second kappa shape index (κ2) is 6.05. The number of nitrogens with zero attached hydrogens (tertiary/aromatic N) is 5. The van der Waals surface area contributed by atoms with Crippen molar-refractivity contribution in [1.82, 2.24) is 25.2 Å². The molecule has 0 saturated carbocycles. The van der Waals surface area contributed by atoms with Crippen LogP contribution in [0.15, 0.2) is 42.7 Å². The fraction of sp³-hybridized carbons (Fsp3) is 0.294. The van der Waals surface area contributed by atoms with Gasteiger partial charge in [-0.3, -0.25) is 4.98 Å². The van der Waals surface area contributed by atoms with Gasteiger partial charge >= 0.3 is 0 Å². The zero-order valence-electron chi connectivity index (χ0n) is 13.1. The molecule has 5 heteroatoms. The van der Waals surface area contributed by atoms with Crippen LogP contribution in [-0.4, -0.2) is 25.2 Å². The molecule has 3 rings (SSSR count). The van der Waals surface area contributed by atoms with Crippen molar-refractivity contribution in [2.75, 3.05) is 0 Å². The molecule has 0 spiro atoms. The van der Waals surface area contributed by atoms with Gasteiger partial charge in [0.15, 0.2) is 0 Å². The van der Waals surface area contributed by atoms with Crippen molar-refractivity contribution in [2.24, 2.45) is 0 Å². The van der Waals surface area contributed by atoms with Gasteiger partial charge < -0.3 is 0 Å². The fourth-order valence-corrected chi connectivity index (χ4v) is 2.37. The zero-order chi connectivity index (χ0) is 15.5. The highest BCUT2D eigenvalue weighted by atomic mass is 15.6. The highest BCUT2D eigenvalue weighted by Gasteiger charge is 2.13. The van der Waals surface area contributed by atoms with Crippen LogP contribution in [0.25, 0.3) is 11.4 Å². The summed E-state index contributed by atoms with van der Waals surface area (Å²) in [4.78, 5) is 5.81. The SMILES string of the molecule is Cc1ccc(Cn2nnc(-c3cnccc3C(C)C)n2)cc1. The Kier molecular flexibility index (Phi) is 3.96. The van der Waals surface area contributed by atoms with E-state index < -0.39 is 0 Å². The van der Waals surface area contributed by atoms with Crippen LogP contribution >= 0.6 is 0 Å². The van der Waals surface area contributed by atoms with E-state index >= 15 is 0 Å². The minimum atomic E-state index is 0.391. The molecule has 0 aliphatic rings. The number of benzene rings is 1. The van der Waals surface area contributed by atoms with Crippen LogP contribution in [0.2, 0.25) is 0 Å². The first-order valence-electron chi connectivity index (χ1n) is 7.41. The molecule has 0 N–H and O–H groups in total. The van der Waals surface area contributed by atoms with Crippen molar-refractivity contribution in [1.29, 1.82) is 0 Å². The quantitative estimate of drug-likeness (QED) is 0.741. The molecular weight excluding hydrogens is 274 g/mol. The van der Waals surface area contributed by atoms with E-state index in [0.717, 1.165) is 11.1 Å². The molecule has 0 amide bonds. The summed E-state index contributed by atoms with van der Waals surface area (Å²) in [6, 6.07) is 10.4. The van der Waals surface area contributed by atoms with Gasteiger partial charge in [-0.1, -0.05) is 43.7 Å². The van der Waals surface area contributed by atoms with E-state index in [-0.39, 0.29) is 0 Å². The van der Waals surface area contributed by atoms with Gasteiger partial charge in [0.05, 0.1) is 6.54 Å². The lowest BCUT2D eigenvalue weighted by molar-refractivity contribution is 0.572. The molecule has 22 heavy (non-hydrogen) atoms. The Hall–Kier alpha value is -2.56. The third-order valence-corrected chi connectivity index (χ3v) is 3.62. The van der Waals surface area contributed by atoms with Crippen LogP contribution in [0.1, 0.15) is 36.5 Å². The van der Waals surface area contributed by atoms with E-state index in [4.69, 9.17) is 0 Å². The van der Waals surface area contributed by atoms with Gasteiger partial charge in [0, 0.05) is 18.0 Å². The van der Waals surface area contributed by atoms with E-state index in [9.17, 15) is 0 Å². The Morgan fingerprint density at radius 2 is 1.86 bits per heavy atom. The van der Waals surface area contributed by atoms with Gasteiger partial charge in [-0.25, -0.2) is 0 Å². The normalized spacial score (nSPS) is 11.1. The van der Waals surface area contributed by atoms with E-state index in [2.05, 4.69) is 65.4 Å². The first kappa shape index (κ1) is 14.4. The lowest BCUT2D eigenvalue weighted by Crippen LogP contribution is -2.04. The van der Waals surface area contributed by atoms with Crippen molar-refractivity contribution in [2.45, 2.75) is 33.2 Å². The number of aromatic nitrogens is 5. The monoisotopic (exact) mass is 293 g/mol. The molecule has 0 fully saturated rings. The van der Waals surface area contributed by atoms with Gasteiger partial charge in [0.25, 0.3) is 0 Å². The van der Waals surface area contributed by atoms with E-state index in [1.807, 2.05) is 12.3 Å². The highest BCUT2D eigenvalue weighted by molar-refractivity contribution is 5.58. The molecule has 0 aliphatic heterocycles. The van der Waals surface area contributed by atoms with E-state index in [0.29, 0.717) is 18.3 Å². The van der Waals surface area contributed by atoms with Crippen molar-refractivity contribution >= 4 is 0 Å². The number of hydrogen-bond acceptors (Lipinski definition) is 4. The average Bonchev–Trinajstić information content (AvgIpc) is 2.98. The first-order valence-corrected chi connectivity index (χ1v) is 7.41.